The Morgan fingerprint density at radius 3 is 2.33 bits per heavy atom. The first-order valence-electron chi connectivity index (χ1n) is 13.9. The van der Waals surface area contributed by atoms with Crippen LogP contribution in [-0.2, 0) is 18.3 Å². The molecule has 39 heavy (non-hydrogen) atoms. The van der Waals surface area contributed by atoms with Crippen molar-refractivity contribution in [3.63, 3.8) is 0 Å². The summed E-state index contributed by atoms with van der Waals surface area (Å²) in [5, 5.41) is 9.41. The number of benzene rings is 1. The molecule has 4 heterocycles. The summed E-state index contributed by atoms with van der Waals surface area (Å²) < 4.78 is 7.37. The van der Waals surface area contributed by atoms with Gasteiger partial charge in [-0.1, -0.05) is 24.3 Å². The molecule has 206 valence electrons. The van der Waals surface area contributed by atoms with E-state index in [4.69, 9.17) is 4.74 Å². The van der Waals surface area contributed by atoms with Crippen molar-refractivity contribution in [1.82, 2.24) is 24.3 Å². The average molecular weight is 530 g/mol. The monoisotopic (exact) mass is 529 g/mol. The minimum absolute atomic E-state index is 0.114. The third-order valence-electron chi connectivity index (χ3n) is 8.22. The fourth-order valence-corrected chi connectivity index (χ4v) is 6.22. The number of aromatic nitrogens is 3. The van der Waals surface area contributed by atoms with Crippen LogP contribution in [0.25, 0.3) is 11.0 Å². The van der Waals surface area contributed by atoms with Crippen LogP contribution in [0.15, 0.2) is 41.2 Å². The zero-order chi connectivity index (χ0) is 27.8. The molecule has 2 aliphatic heterocycles. The Labute approximate surface area is 230 Å². The number of rotatable bonds is 5. The van der Waals surface area contributed by atoms with Crippen LogP contribution in [-0.4, -0.2) is 74.8 Å². The Balaban J connectivity index is 1.32. The molecule has 0 aliphatic carbocycles. The number of hydrogen-bond acceptors (Lipinski definition) is 8. The van der Waals surface area contributed by atoms with Gasteiger partial charge in [0.2, 0.25) is 0 Å². The van der Waals surface area contributed by atoms with Gasteiger partial charge in [0.25, 0.3) is 0 Å². The van der Waals surface area contributed by atoms with Gasteiger partial charge in [-0.05, 0) is 57.9 Å². The molecule has 1 aromatic carbocycles. The van der Waals surface area contributed by atoms with Crippen molar-refractivity contribution >= 4 is 16.9 Å². The third kappa shape index (κ3) is 5.55. The van der Waals surface area contributed by atoms with E-state index in [1.54, 1.807) is 19.2 Å². The van der Waals surface area contributed by atoms with Crippen LogP contribution in [0.5, 0.6) is 0 Å². The number of pyridine rings is 1. The van der Waals surface area contributed by atoms with Crippen LogP contribution in [0, 0.1) is 11.3 Å². The van der Waals surface area contributed by atoms with Crippen molar-refractivity contribution in [3.8, 4) is 6.07 Å². The molecule has 5 rings (SSSR count). The minimum Gasteiger partial charge on any atom is -0.373 e. The number of anilines is 1. The minimum atomic E-state index is -0.319. The van der Waals surface area contributed by atoms with Crippen LogP contribution in [0.3, 0.4) is 0 Å². The highest BCUT2D eigenvalue weighted by molar-refractivity contribution is 5.86. The quantitative estimate of drug-likeness (QED) is 0.496. The summed E-state index contributed by atoms with van der Waals surface area (Å²) >= 11 is 0. The Morgan fingerprint density at radius 2 is 1.67 bits per heavy atom. The lowest BCUT2D eigenvalue weighted by atomic mass is 9.99. The summed E-state index contributed by atoms with van der Waals surface area (Å²) in [4.78, 5) is 28.8. The fraction of sp³-hybridized carbons (Fsp3) is 0.533. The fourth-order valence-electron chi connectivity index (χ4n) is 6.22. The van der Waals surface area contributed by atoms with E-state index in [-0.39, 0.29) is 36.0 Å². The SMILES string of the molecule is CC(c1ccc(CN2C[C@@H](C)O[C@@H](C)C2)cc1)N1C[C@H](C)N(c2nc(=O)n(C)c3ccc(C#N)nc23)C[C@H]1C. The molecule has 0 N–H and O–H groups in total. The molecule has 0 bridgehead atoms. The molecule has 9 nitrogen and oxygen atoms in total. The van der Waals surface area contributed by atoms with Gasteiger partial charge in [-0.3, -0.25) is 14.4 Å². The first kappa shape index (κ1) is 27.3. The molecule has 9 heteroatoms. The van der Waals surface area contributed by atoms with Crippen molar-refractivity contribution in [1.29, 1.82) is 5.26 Å². The number of hydrogen-bond donors (Lipinski definition) is 0. The Bertz CT molecular complexity index is 1420. The van der Waals surface area contributed by atoms with Crippen molar-refractivity contribution in [2.75, 3.05) is 31.1 Å². The molecule has 3 aromatic rings. The van der Waals surface area contributed by atoms with E-state index < -0.39 is 0 Å². The summed E-state index contributed by atoms with van der Waals surface area (Å²) in [5.74, 6) is 0.563. The van der Waals surface area contributed by atoms with Crippen LogP contribution in [0.4, 0.5) is 5.82 Å². The standard InChI is InChI=1S/C30H39N7O2/c1-19-15-37(29-28-27(34(6)30(38)33-29)12-11-26(13-31)32-28)20(2)14-36(19)23(5)25-9-7-24(8-10-25)18-35-16-21(3)39-22(4)17-35/h7-12,19-23H,14-18H2,1-6H3/t19-,20+,21-,22+,23?/m1/s1. The molecule has 2 aliphatic rings. The first-order valence-corrected chi connectivity index (χ1v) is 13.9. The Hall–Kier alpha value is -3.32. The molecule has 2 saturated heterocycles. The molecule has 2 fully saturated rings. The lowest BCUT2D eigenvalue weighted by Crippen LogP contribution is -2.57. The Morgan fingerprint density at radius 1 is 0.974 bits per heavy atom. The van der Waals surface area contributed by atoms with E-state index in [9.17, 15) is 10.1 Å². The van der Waals surface area contributed by atoms with Gasteiger partial charge in [0.05, 0.1) is 17.7 Å². The van der Waals surface area contributed by atoms with Crippen molar-refractivity contribution < 1.29 is 4.74 Å². The summed E-state index contributed by atoms with van der Waals surface area (Å²) in [6, 6.07) is 15.2. The normalized spacial score (nSPS) is 25.5. The first-order chi connectivity index (χ1) is 18.6. The van der Waals surface area contributed by atoms with Gasteiger partial charge in [0, 0.05) is 57.9 Å². The number of nitrogens with zero attached hydrogens (tertiary/aromatic N) is 7. The van der Waals surface area contributed by atoms with Crippen molar-refractivity contribution in [2.24, 2.45) is 7.05 Å². The predicted octanol–water partition coefficient (Wildman–Crippen LogP) is 3.47. The summed E-state index contributed by atoms with van der Waals surface area (Å²) in [5.41, 5.74) is 3.90. The van der Waals surface area contributed by atoms with Gasteiger partial charge >= 0.3 is 5.69 Å². The third-order valence-corrected chi connectivity index (χ3v) is 8.22. The second-order valence-electron chi connectivity index (χ2n) is 11.4. The van der Waals surface area contributed by atoms with Gasteiger partial charge in [-0.15, -0.1) is 0 Å². The van der Waals surface area contributed by atoms with Gasteiger partial charge in [0.1, 0.15) is 17.3 Å². The summed E-state index contributed by atoms with van der Waals surface area (Å²) in [7, 11) is 1.69. The molecule has 5 atom stereocenters. The highest BCUT2D eigenvalue weighted by Crippen LogP contribution is 2.31. The summed E-state index contributed by atoms with van der Waals surface area (Å²) in [6.45, 7) is 15.4. The second kappa shape index (κ2) is 11.0. The van der Waals surface area contributed by atoms with Gasteiger partial charge < -0.3 is 9.64 Å². The number of piperazine rings is 1. The number of nitriles is 1. The molecule has 0 radical (unpaired) electrons. The molecule has 1 unspecified atom stereocenters. The molecule has 0 saturated carbocycles. The van der Waals surface area contributed by atoms with Crippen LogP contribution in [0.1, 0.15) is 57.5 Å². The largest absolute Gasteiger partial charge is 0.373 e. The van der Waals surface area contributed by atoms with E-state index in [2.05, 4.69) is 89.6 Å². The number of fused-ring (bicyclic) bond motifs is 1. The van der Waals surface area contributed by atoms with Crippen molar-refractivity contribution in [2.45, 2.75) is 71.5 Å². The number of aryl methyl sites for hydroxylation is 1. The average Bonchev–Trinajstić information content (AvgIpc) is 2.91. The molecular formula is C30H39N7O2. The topological polar surface area (TPSA) is 90.5 Å². The maximum absolute atomic E-state index is 12.7. The van der Waals surface area contributed by atoms with E-state index in [0.29, 0.717) is 29.1 Å². The van der Waals surface area contributed by atoms with Gasteiger partial charge in [0.15, 0.2) is 5.82 Å². The molecule has 0 spiro atoms. The van der Waals surface area contributed by atoms with Crippen LogP contribution in [0.2, 0.25) is 0 Å². The highest BCUT2D eigenvalue weighted by atomic mass is 16.5. The predicted molar refractivity (Wildman–Crippen MR) is 153 cm³/mol. The number of morpholine rings is 1. The lowest BCUT2D eigenvalue weighted by Gasteiger charge is -2.47. The molecule has 0 amide bonds. The van der Waals surface area contributed by atoms with Gasteiger partial charge in [-0.2, -0.15) is 10.2 Å². The van der Waals surface area contributed by atoms with E-state index >= 15 is 0 Å². The lowest BCUT2D eigenvalue weighted by molar-refractivity contribution is -0.0704. The maximum Gasteiger partial charge on any atom is 0.349 e. The maximum atomic E-state index is 12.7. The van der Waals surface area contributed by atoms with Crippen molar-refractivity contribution in [3.05, 3.63) is 63.7 Å². The smallest absolute Gasteiger partial charge is 0.349 e. The van der Waals surface area contributed by atoms with Crippen LogP contribution < -0.4 is 10.6 Å². The Kier molecular flexibility index (Phi) is 7.72. The summed E-state index contributed by atoms with van der Waals surface area (Å²) in [6.07, 6.45) is 0.540. The van der Waals surface area contributed by atoms with E-state index in [1.807, 2.05) is 0 Å². The van der Waals surface area contributed by atoms with Gasteiger partial charge in [-0.25, -0.2) is 9.78 Å². The molecular weight excluding hydrogens is 490 g/mol. The van der Waals surface area contributed by atoms with Crippen LogP contribution >= 0.6 is 0 Å². The number of ether oxygens (including phenoxy) is 1. The second-order valence-corrected chi connectivity index (χ2v) is 11.4. The zero-order valence-corrected chi connectivity index (χ0v) is 23.8. The van der Waals surface area contributed by atoms with E-state index in [0.717, 1.165) is 26.2 Å². The zero-order valence-electron chi connectivity index (χ0n) is 23.8. The molecule has 2 aromatic heterocycles. The van der Waals surface area contributed by atoms with E-state index in [1.165, 1.54) is 15.7 Å². The highest BCUT2D eigenvalue weighted by Gasteiger charge is 2.34.